The fourth-order valence-corrected chi connectivity index (χ4v) is 4.80. The van der Waals surface area contributed by atoms with E-state index in [1.165, 1.54) is 0 Å². The number of nitrogens with one attached hydrogen (secondary N) is 2. The number of H-pyrrole nitrogens is 1. The van der Waals surface area contributed by atoms with Gasteiger partial charge in [0.2, 0.25) is 5.95 Å². The second-order valence-electron chi connectivity index (χ2n) is 8.88. The van der Waals surface area contributed by atoms with Crippen molar-refractivity contribution in [1.29, 1.82) is 0 Å². The summed E-state index contributed by atoms with van der Waals surface area (Å²) in [6.45, 7) is 2.37. The third kappa shape index (κ3) is 5.64. The molecule has 198 valence electrons. The third-order valence-electron chi connectivity index (χ3n) is 6.05. The number of aryl methyl sites for hydroxylation is 1. The van der Waals surface area contributed by atoms with Crippen LogP contribution in [0.3, 0.4) is 0 Å². The molecular weight excluding hydrogens is 526 g/mol. The predicted octanol–water partition coefficient (Wildman–Crippen LogP) is 5.69. The van der Waals surface area contributed by atoms with Crippen LogP contribution in [-0.4, -0.2) is 28.8 Å². The highest BCUT2D eigenvalue weighted by molar-refractivity contribution is 7.87. The van der Waals surface area contributed by atoms with Crippen LogP contribution in [0, 0.1) is 18.6 Å². The van der Waals surface area contributed by atoms with Gasteiger partial charge in [-0.05, 0) is 60.0 Å². The van der Waals surface area contributed by atoms with Crippen LogP contribution in [0.15, 0.2) is 84.9 Å². The maximum Gasteiger partial charge on any atom is 0.366 e. The van der Waals surface area contributed by atoms with E-state index in [1.807, 2.05) is 37.3 Å². The normalized spacial score (nSPS) is 11.5. The van der Waals surface area contributed by atoms with Gasteiger partial charge < -0.3 is 10.3 Å². The standard InChI is InChI=1S/C28H22F2N4O4S/c1-17-5-7-18(8-6-17)16-31-27(35)21-4-2-3-19(13-21)20-9-11-24-25(14-20)33-28(32-24)34(39(36,37)38)26-12-10-22(29)15-23(26)30/h2-15H,16H2,1H3,(H,31,35)(H,32,33)(H,36,37,38). The first kappa shape index (κ1) is 26.0. The molecule has 0 aliphatic carbocycles. The molecule has 39 heavy (non-hydrogen) atoms. The maximum absolute atomic E-state index is 14.4. The molecule has 0 spiro atoms. The van der Waals surface area contributed by atoms with E-state index in [-0.39, 0.29) is 16.2 Å². The smallest absolute Gasteiger partial charge is 0.348 e. The molecule has 11 heteroatoms. The van der Waals surface area contributed by atoms with Crippen LogP contribution in [0.25, 0.3) is 22.2 Å². The Morgan fingerprint density at radius 3 is 2.44 bits per heavy atom. The first-order chi connectivity index (χ1) is 18.6. The largest absolute Gasteiger partial charge is 0.366 e. The van der Waals surface area contributed by atoms with Crippen molar-refractivity contribution in [2.24, 2.45) is 0 Å². The van der Waals surface area contributed by atoms with Gasteiger partial charge in [0.1, 0.15) is 5.82 Å². The lowest BCUT2D eigenvalue weighted by Gasteiger charge is -2.18. The van der Waals surface area contributed by atoms with E-state index in [0.717, 1.165) is 23.3 Å². The van der Waals surface area contributed by atoms with Gasteiger partial charge in [0.15, 0.2) is 5.82 Å². The molecule has 0 saturated heterocycles. The molecule has 0 bridgehead atoms. The van der Waals surface area contributed by atoms with Crippen LogP contribution in [0.5, 0.6) is 0 Å². The SMILES string of the molecule is Cc1ccc(CNC(=O)c2cccc(-c3ccc4nc(N(c5ccc(F)cc5F)S(=O)(=O)O)[nH]c4c3)c2)cc1. The van der Waals surface area contributed by atoms with Gasteiger partial charge in [0.05, 0.1) is 16.7 Å². The number of hydrogen-bond donors (Lipinski definition) is 3. The molecule has 0 aliphatic heterocycles. The van der Waals surface area contributed by atoms with Gasteiger partial charge in [-0.1, -0.05) is 48.0 Å². The molecule has 0 aliphatic rings. The minimum atomic E-state index is -5.03. The van der Waals surface area contributed by atoms with E-state index in [2.05, 4.69) is 15.3 Å². The lowest BCUT2D eigenvalue weighted by molar-refractivity contribution is 0.0951. The summed E-state index contributed by atoms with van der Waals surface area (Å²) in [6, 6.07) is 22.1. The summed E-state index contributed by atoms with van der Waals surface area (Å²) >= 11 is 0. The predicted molar refractivity (Wildman–Crippen MR) is 144 cm³/mol. The van der Waals surface area contributed by atoms with Crippen LogP contribution < -0.4 is 9.62 Å². The zero-order valence-corrected chi connectivity index (χ0v) is 21.3. The second kappa shape index (κ2) is 10.3. The highest BCUT2D eigenvalue weighted by atomic mass is 32.2. The van der Waals surface area contributed by atoms with Crippen molar-refractivity contribution in [2.75, 3.05) is 4.31 Å². The molecule has 1 amide bonds. The van der Waals surface area contributed by atoms with Crippen LogP contribution in [0.4, 0.5) is 20.4 Å². The van der Waals surface area contributed by atoms with Crippen LogP contribution in [-0.2, 0) is 16.8 Å². The van der Waals surface area contributed by atoms with Crippen molar-refractivity contribution >= 4 is 38.9 Å². The van der Waals surface area contributed by atoms with Crippen LogP contribution in [0.2, 0.25) is 0 Å². The first-order valence-electron chi connectivity index (χ1n) is 11.8. The molecule has 4 aromatic carbocycles. The molecule has 0 saturated carbocycles. The number of fused-ring (bicyclic) bond motifs is 1. The van der Waals surface area contributed by atoms with Gasteiger partial charge in [-0.25, -0.2) is 13.8 Å². The van der Waals surface area contributed by atoms with Gasteiger partial charge in [0, 0.05) is 18.2 Å². The Morgan fingerprint density at radius 1 is 0.974 bits per heavy atom. The number of rotatable bonds is 7. The number of benzene rings is 4. The van der Waals surface area contributed by atoms with Crippen molar-refractivity contribution in [1.82, 2.24) is 15.3 Å². The number of amides is 1. The van der Waals surface area contributed by atoms with Crippen LogP contribution in [0.1, 0.15) is 21.5 Å². The minimum Gasteiger partial charge on any atom is -0.348 e. The molecule has 1 aromatic heterocycles. The van der Waals surface area contributed by atoms with Crippen molar-refractivity contribution in [3.63, 3.8) is 0 Å². The topological polar surface area (TPSA) is 115 Å². The van der Waals surface area contributed by atoms with Crippen molar-refractivity contribution in [3.05, 3.63) is 113 Å². The second-order valence-corrected chi connectivity index (χ2v) is 10.1. The number of nitrogens with zero attached hydrogens (tertiary/aromatic N) is 2. The molecule has 3 N–H and O–H groups in total. The highest BCUT2D eigenvalue weighted by Gasteiger charge is 2.28. The first-order valence-corrected chi connectivity index (χ1v) is 13.1. The molecule has 0 fully saturated rings. The minimum absolute atomic E-state index is 0.243. The zero-order chi connectivity index (χ0) is 27.7. The number of carbonyl (C=O) groups is 1. The van der Waals surface area contributed by atoms with Crippen molar-refractivity contribution in [3.8, 4) is 11.1 Å². The fraction of sp³-hybridized carbons (Fsp3) is 0.0714. The number of carbonyl (C=O) groups excluding carboxylic acids is 1. The molecule has 1 heterocycles. The Morgan fingerprint density at radius 2 is 1.72 bits per heavy atom. The van der Waals surface area contributed by atoms with Crippen molar-refractivity contribution in [2.45, 2.75) is 13.5 Å². The van der Waals surface area contributed by atoms with E-state index >= 15 is 0 Å². The Bertz CT molecular complexity index is 1800. The highest BCUT2D eigenvalue weighted by Crippen LogP contribution is 2.32. The van der Waals surface area contributed by atoms with Crippen LogP contribution >= 0.6 is 0 Å². The average molecular weight is 549 g/mol. The summed E-state index contributed by atoms with van der Waals surface area (Å²) in [5.74, 6) is -2.75. The molecule has 5 aromatic rings. The van der Waals surface area contributed by atoms with E-state index < -0.39 is 27.6 Å². The lowest BCUT2D eigenvalue weighted by Crippen LogP contribution is -2.27. The van der Waals surface area contributed by atoms with E-state index in [9.17, 15) is 26.5 Å². The fourth-order valence-electron chi connectivity index (χ4n) is 4.10. The van der Waals surface area contributed by atoms with Gasteiger partial charge in [-0.3, -0.25) is 9.35 Å². The van der Waals surface area contributed by atoms with E-state index in [1.54, 1.807) is 36.4 Å². The third-order valence-corrected chi connectivity index (χ3v) is 6.88. The monoisotopic (exact) mass is 548 g/mol. The van der Waals surface area contributed by atoms with Gasteiger partial charge in [-0.15, -0.1) is 0 Å². The summed E-state index contributed by atoms with van der Waals surface area (Å²) in [5, 5.41) is 2.90. The summed E-state index contributed by atoms with van der Waals surface area (Å²) in [7, 11) is -5.03. The molecule has 8 nitrogen and oxygen atoms in total. The van der Waals surface area contributed by atoms with E-state index in [0.29, 0.717) is 40.3 Å². The number of aromatic amines is 1. The lowest BCUT2D eigenvalue weighted by atomic mass is 10.0. The number of hydrogen-bond acceptors (Lipinski definition) is 4. The molecule has 0 radical (unpaired) electrons. The zero-order valence-electron chi connectivity index (χ0n) is 20.5. The van der Waals surface area contributed by atoms with Gasteiger partial charge >= 0.3 is 10.3 Å². The Kier molecular flexibility index (Phi) is 6.85. The number of imidazole rings is 1. The van der Waals surface area contributed by atoms with Crippen molar-refractivity contribution < 1.29 is 26.5 Å². The summed E-state index contributed by atoms with van der Waals surface area (Å²) < 4.78 is 62.0. The maximum atomic E-state index is 14.4. The quantitative estimate of drug-likeness (QED) is 0.226. The number of aromatic nitrogens is 2. The number of halogens is 2. The average Bonchev–Trinajstić information content (AvgIpc) is 3.31. The summed E-state index contributed by atoms with van der Waals surface area (Å²) in [4.78, 5) is 19.7. The van der Waals surface area contributed by atoms with Gasteiger partial charge in [0.25, 0.3) is 5.91 Å². The molecule has 0 unspecified atom stereocenters. The summed E-state index contributed by atoms with van der Waals surface area (Å²) in [6.07, 6.45) is 0. The Balaban J connectivity index is 1.43. The molecular formula is C28H22F2N4O4S. The Labute approximate surface area is 222 Å². The van der Waals surface area contributed by atoms with E-state index in [4.69, 9.17) is 0 Å². The number of anilines is 2. The Hall–Kier alpha value is -4.61. The molecule has 0 atom stereocenters. The summed E-state index contributed by atoms with van der Waals surface area (Å²) in [5.41, 5.74) is 4.07. The molecule has 5 rings (SSSR count). The van der Waals surface area contributed by atoms with Gasteiger partial charge in [-0.2, -0.15) is 12.7 Å².